The molecule has 0 bridgehead atoms. The van der Waals surface area contributed by atoms with Crippen LogP contribution in [-0.2, 0) is 6.42 Å². The Labute approximate surface area is 104 Å². The van der Waals surface area contributed by atoms with Gasteiger partial charge in [-0.25, -0.2) is 0 Å². The van der Waals surface area contributed by atoms with Gasteiger partial charge >= 0.3 is 0 Å². The minimum absolute atomic E-state index is 0.0641. The number of hydrogen-bond donors (Lipinski definition) is 1. The van der Waals surface area contributed by atoms with E-state index >= 15 is 0 Å². The fourth-order valence-electron chi connectivity index (χ4n) is 1.47. The van der Waals surface area contributed by atoms with Crippen LogP contribution >= 0.6 is 11.8 Å². The molecule has 0 aliphatic heterocycles. The molecule has 1 rings (SSSR count). The molecule has 1 nitrogen and oxygen atoms in total. The summed E-state index contributed by atoms with van der Waals surface area (Å²) in [6.45, 7) is 8.59. The molecular weight excluding hydrogens is 214 g/mol. The van der Waals surface area contributed by atoms with E-state index in [4.69, 9.17) is 5.73 Å². The maximum atomic E-state index is 5.97. The molecule has 0 fully saturated rings. The average molecular weight is 237 g/mol. The number of aryl methyl sites for hydroxylation is 1. The highest BCUT2D eigenvalue weighted by Crippen LogP contribution is 2.23. The average Bonchev–Trinajstić information content (AvgIpc) is 2.14. The van der Waals surface area contributed by atoms with Gasteiger partial charge in [0, 0.05) is 15.7 Å². The highest BCUT2D eigenvalue weighted by molar-refractivity contribution is 7.99. The van der Waals surface area contributed by atoms with E-state index in [0.29, 0.717) is 5.25 Å². The Hall–Kier alpha value is -0.470. The lowest BCUT2D eigenvalue weighted by molar-refractivity contribution is 0.477. The number of benzene rings is 1. The Morgan fingerprint density at radius 1 is 1.19 bits per heavy atom. The van der Waals surface area contributed by atoms with Crippen molar-refractivity contribution in [1.82, 2.24) is 0 Å². The molecule has 0 unspecified atom stereocenters. The van der Waals surface area contributed by atoms with Crippen LogP contribution in [0.1, 0.15) is 39.7 Å². The van der Waals surface area contributed by atoms with Gasteiger partial charge in [0.25, 0.3) is 0 Å². The zero-order valence-electron chi connectivity index (χ0n) is 10.8. The van der Waals surface area contributed by atoms with Gasteiger partial charge in [-0.3, -0.25) is 0 Å². The molecule has 0 saturated carbocycles. The molecule has 0 radical (unpaired) electrons. The Balaban J connectivity index is 2.51. The Morgan fingerprint density at radius 2 is 1.75 bits per heavy atom. The first-order valence-corrected chi connectivity index (χ1v) is 6.79. The molecule has 0 aliphatic carbocycles. The molecule has 0 aromatic heterocycles. The number of hydrogen-bond acceptors (Lipinski definition) is 2. The molecule has 0 saturated heterocycles. The molecule has 2 N–H and O–H groups in total. The zero-order valence-corrected chi connectivity index (χ0v) is 11.6. The number of thioether (sulfide) groups is 1. The van der Waals surface area contributed by atoms with Crippen molar-refractivity contribution in [3.05, 3.63) is 29.8 Å². The predicted molar refractivity (Wildman–Crippen MR) is 74.0 cm³/mol. The van der Waals surface area contributed by atoms with Crippen LogP contribution in [-0.4, -0.2) is 10.8 Å². The summed E-state index contributed by atoms with van der Waals surface area (Å²) in [4.78, 5) is 1.35. The molecule has 0 spiro atoms. The minimum atomic E-state index is -0.0641. The largest absolute Gasteiger partial charge is 0.326 e. The molecule has 0 amide bonds. The standard InChI is InChI=1S/C14H23NS/c1-11(2)16-13-7-5-12(6-8-13)9-10-14(3,4)15/h5-8,11H,9-10,15H2,1-4H3. The summed E-state index contributed by atoms with van der Waals surface area (Å²) >= 11 is 1.91. The van der Waals surface area contributed by atoms with Crippen LogP contribution in [0.4, 0.5) is 0 Å². The summed E-state index contributed by atoms with van der Waals surface area (Å²) in [6.07, 6.45) is 2.10. The van der Waals surface area contributed by atoms with Crippen molar-refractivity contribution in [3.63, 3.8) is 0 Å². The van der Waals surface area contributed by atoms with Gasteiger partial charge < -0.3 is 5.73 Å². The van der Waals surface area contributed by atoms with Crippen LogP contribution in [0.2, 0.25) is 0 Å². The van der Waals surface area contributed by atoms with Gasteiger partial charge in [0.1, 0.15) is 0 Å². The lowest BCUT2D eigenvalue weighted by atomic mass is 9.97. The van der Waals surface area contributed by atoms with Gasteiger partial charge in [-0.15, -0.1) is 11.8 Å². The fourth-order valence-corrected chi connectivity index (χ4v) is 2.31. The van der Waals surface area contributed by atoms with Gasteiger partial charge in [0.15, 0.2) is 0 Å². The molecule has 2 heteroatoms. The SMILES string of the molecule is CC(C)Sc1ccc(CCC(C)(C)N)cc1. The first-order chi connectivity index (χ1) is 7.37. The Morgan fingerprint density at radius 3 is 2.19 bits per heavy atom. The van der Waals surface area contributed by atoms with Crippen LogP contribution in [0.5, 0.6) is 0 Å². The van der Waals surface area contributed by atoms with E-state index in [1.54, 1.807) is 0 Å². The van der Waals surface area contributed by atoms with Gasteiger partial charge in [-0.05, 0) is 44.4 Å². The van der Waals surface area contributed by atoms with Gasteiger partial charge in [0.05, 0.1) is 0 Å². The molecule has 1 aromatic carbocycles. The highest BCUT2D eigenvalue weighted by Gasteiger charge is 2.10. The van der Waals surface area contributed by atoms with E-state index < -0.39 is 0 Å². The maximum Gasteiger partial charge on any atom is 0.0100 e. The van der Waals surface area contributed by atoms with Crippen LogP contribution < -0.4 is 5.73 Å². The zero-order chi connectivity index (χ0) is 12.2. The van der Waals surface area contributed by atoms with Crippen molar-refractivity contribution in [2.75, 3.05) is 0 Å². The second kappa shape index (κ2) is 5.74. The van der Waals surface area contributed by atoms with E-state index in [2.05, 4.69) is 52.0 Å². The minimum Gasteiger partial charge on any atom is -0.326 e. The lowest BCUT2D eigenvalue weighted by Crippen LogP contribution is -2.32. The van der Waals surface area contributed by atoms with Crippen molar-refractivity contribution >= 4 is 11.8 Å². The number of nitrogens with two attached hydrogens (primary N) is 1. The lowest BCUT2D eigenvalue weighted by Gasteiger charge is -2.18. The van der Waals surface area contributed by atoms with E-state index in [-0.39, 0.29) is 5.54 Å². The molecule has 0 aliphatic rings. The molecule has 0 heterocycles. The summed E-state index contributed by atoms with van der Waals surface area (Å²) < 4.78 is 0. The summed E-state index contributed by atoms with van der Waals surface area (Å²) in [5.74, 6) is 0. The van der Waals surface area contributed by atoms with E-state index in [1.165, 1.54) is 10.5 Å². The van der Waals surface area contributed by atoms with Crippen LogP contribution in [0, 0.1) is 0 Å². The summed E-state index contributed by atoms with van der Waals surface area (Å²) in [6, 6.07) is 8.86. The van der Waals surface area contributed by atoms with E-state index in [9.17, 15) is 0 Å². The predicted octanol–water partition coefficient (Wildman–Crippen LogP) is 3.86. The van der Waals surface area contributed by atoms with E-state index in [0.717, 1.165) is 12.8 Å². The number of rotatable bonds is 5. The molecule has 0 atom stereocenters. The monoisotopic (exact) mass is 237 g/mol. The third-order valence-electron chi connectivity index (χ3n) is 2.35. The first kappa shape index (κ1) is 13.6. The van der Waals surface area contributed by atoms with Crippen molar-refractivity contribution in [2.45, 2.75) is 56.2 Å². The Bertz CT molecular complexity index is 309. The van der Waals surface area contributed by atoms with Gasteiger partial charge in [0.2, 0.25) is 0 Å². The highest BCUT2D eigenvalue weighted by atomic mass is 32.2. The third kappa shape index (κ3) is 5.57. The molecule has 90 valence electrons. The van der Waals surface area contributed by atoms with Crippen molar-refractivity contribution in [3.8, 4) is 0 Å². The summed E-state index contributed by atoms with van der Waals surface area (Å²) in [7, 11) is 0. The van der Waals surface area contributed by atoms with Crippen molar-refractivity contribution in [2.24, 2.45) is 5.73 Å². The van der Waals surface area contributed by atoms with E-state index in [1.807, 2.05) is 11.8 Å². The molecule has 16 heavy (non-hydrogen) atoms. The van der Waals surface area contributed by atoms with Crippen LogP contribution in [0.15, 0.2) is 29.2 Å². The van der Waals surface area contributed by atoms with Crippen molar-refractivity contribution in [1.29, 1.82) is 0 Å². The van der Waals surface area contributed by atoms with Crippen LogP contribution in [0.3, 0.4) is 0 Å². The quantitative estimate of drug-likeness (QED) is 0.787. The smallest absolute Gasteiger partial charge is 0.0100 e. The maximum absolute atomic E-state index is 5.97. The molecular formula is C14H23NS. The topological polar surface area (TPSA) is 26.0 Å². The van der Waals surface area contributed by atoms with Gasteiger partial charge in [-0.1, -0.05) is 26.0 Å². The van der Waals surface area contributed by atoms with Crippen LogP contribution in [0.25, 0.3) is 0 Å². The second-order valence-electron chi connectivity index (χ2n) is 5.30. The summed E-state index contributed by atoms with van der Waals surface area (Å²) in [5, 5.41) is 0.647. The first-order valence-electron chi connectivity index (χ1n) is 5.91. The third-order valence-corrected chi connectivity index (χ3v) is 3.37. The Kier molecular flexibility index (Phi) is 4.88. The second-order valence-corrected chi connectivity index (χ2v) is 6.95. The fraction of sp³-hybridized carbons (Fsp3) is 0.571. The van der Waals surface area contributed by atoms with Gasteiger partial charge in [-0.2, -0.15) is 0 Å². The van der Waals surface area contributed by atoms with Crippen molar-refractivity contribution < 1.29 is 0 Å². The molecule has 1 aromatic rings. The normalized spacial score (nSPS) is 12.1. The summed E-state index contributed by atoms with van der Waals surface area (Å²) in [5.41, 5.74) is 7.29.